The molecule has 0 aliphatic heterocycles. The minimum atomic E-state index is -4.13. The molecule has 1 aliphatic rings. The normalized spacial score (nSPS) is 28.9. The van der Waals surface area contributed by atoms with Gasteiger partial charge in [0.1, 0.15) is 0 Å². The van der Waals surface area contributed by atoms with E-state index in [1.807, 2.05) is 0 Å². The monoisotopic (exact) mass is 302 g/mol. The van der Waals surface area contributed by atoms with Gasteiger partial charge in [-0.2, -0.15) is 0 Å². The molecule has 20 heavy (non-hydrogen) atoms. The maximum atomic E-state index is 12.6. The highest BCUT2D eigenvalue weighted by Crippen LogP contribution is 2.62. The summed E-state index contributed by atoms with van der Waals surface area (Å²) in [6.07, 6.45) is 3.47. The Kier molecular flexibility index (Phi) is 4.62. The van der Waals surface area contributed by atoms with E-state index in [2.05, 4.69) is 0 Å². The van der Waals surface area contributed by atoms with Crippen LogP contribution in [0, 0.1) is 11.8 Å². The lowest BCUT2D eigenvalue weighted by Gasteiger charge is -2.38. The third-order valence-corrected chi connectivity index (χ3v) is 6.64. The van der Waals surface area contributed by atoms with Crippen molar-refractivity contribution in [3.8, 4) is 0 Å². The quantitative estimate of drug-likeness (QED) is 0.669. The molecule has 3 unspecified atom stereocenters. The molecule has 0 amide bonds. The first-order valence-electron chi connectivity index (χ1n) is 6.24. The number of rotatable bonds is 5. The summed E-state index contributed by atoms with van der Waals surface area (Å²) in [5.74, 6) is -4.02. The van der Waals surface area contributed by atoms with Gasteiger partial charge < -0.3 is 15.1 Å². The van der Waals surface area contributed by atoms with E-state index in [9.17, 15) is 24.2 Å². The van der Waals surface area contributed by atoms with Crippen molar-refractivity contribution in [3.63, 3.8) is 0 Å². The molecule has 0 bridgehead atoms. The Morgan fingerprint density at radius 2 is 1.95 bits per heavy atom. The number of carboxylic acids is 2. The highest BCUT2D eigenvalue weighted by Gasteiger charge is 2.58. The van der Waals surface area contributed by atoms with Crippen LogP contribution in [0.3, 0.4) is 0 Å². The van der Waals surface area contributed by atoms with E-state index in [4.69, 9.17) is 5.11 Å². The average Bonchev–Trinajstić information content (AvgIpc) is 2.26. The standard InChI is InChI=1S/C13H19O6P/c1-8(2)7-20(18,19)13(12(16)17)6-4-5-10(9(13)3)11(14)15/h4-6,8-9H,7H2,1-3H3,(H,14,15)(H,16,17)(H,18,19). The molecule has 3 N–H and O–H groups in total. The number of aliphatic carboxylic acids is 2. The predicted molar refractivity (Wildman–Crippen MR) is 73.9 cm³/mol. The molecule has 0 aromatic heterocycles. The molecule has 0 aromatic rings. The number of hydrogen-bond acceptors (Lipinski definition) is 3. The Hall–Kier alpha value is -1.39. The van der Waals surface area contributed by atoms with E-state index in [0.717, 1.165) is 6.08 Å². The maximum absolute atomic E-state index is 12.6. The summed E-state index contributed by atoms with van der Waals surface area (Å²) in [5, 5.41) is 16.5. The van der Waals surface area contributed by atoms with Gasteiger partial charge in [-0.1, -0.05) is 39.0 Å². The molecule has 0 aromatic carbocycles. The zero-order valence-electron chi connectivity index (χ0n) is 11.6. The second-order valence-corrected chi connectivity index (χ2v) is 7.92. The molecular weight excluding hydrogens is 283 g/mol. The topological polar surface area (TPSA) is 112 Å². The molecule has 0 radical (unpaired) electrons. The average molecular weight is 302 g/mol. The number of allylic oxidation sites excluding steroid dienone is 2. The minimum absolute atomic E-state index is 0.173. The summed E-state index contributed by atoms with van der Waals surface area (Å²) in [4.78, 5) is 33.1. The number of carbonyl (C=O) groups is 2. The van der Waals surface area contributed by atoms with Gasteiger partial charge in [-0.3, -0.25) is 9.36 Å². The third kappa shape index (κ3) is 2.58. The van der Waals surface area contributed by atoms with Gasteiger partial charge >= 0.3 is 11.9 Å². The molecule has 3 atom stereocenters. The van der Waals surface area contributed by atoms with Crippen molar-refractivity contribution in [2.24, 2.45) is 11.8 Å². The van der Waals surface area contributed by atoms with E-state index < -0.39 is 30.4 Å². The predicted octanol–water partition coefficient (Wildman–Crippen LogP) is 1.95. The van der Waals surface area contributed by atoms with Crippen LogP contribution in [0.1, 0.15) is 20.8 Å². The summed E-state index contributed by atoms with van der Waals surface area (Å²) in [6.45, 7) is 4.79. The molecular formula is C13H19O6P. The van der Waals surface area contributed by atoms with Crippen molar-refractivity contribution >= 4 is 19.3 Å². The number of carboxylic acid groups (broad SMARTS) is 2. The van der Waals surface area contributed by atoms with Crippen molar-refractivity contribution in [1.29, 1.82) is 0 Å². The van der Waals surface area contributed by atoms with Crippen molar-refractivity contribution in [1.82, 2.24) is 0 Å². The lowest BCUT2D eigenvalue weighted by atomic mass is 9.82. The Morgan fingerprint density at radius 3 is 2.35 bits per heavy atom. The lowest BCUT2D eigenvalue weighted by molar-refractivity contribution is -0.140. The van der Waals surface area contributed by atoms with Gasteiger partial charge in [-0.15, -0.1) is 0 Å². The van der Waals surface area contributed by atoms with Gasteiger partial charge in [0.05, 0.1) is 0 Å². The fourth-order valence-electron chi connectivity index (χ4n) is 2.55. The van der Waals surface area contributed by atoms with Crippen LogP contribution >= 0.6 is 7.37 Å². The maximum Gasteiger partial charge on any atom is 0.331 e. The Morgan fingerprint density at radius 1 is 1.40 bits per heavy atom. The summed E-state index contributed by atoms with van der Waals surface area (Å²) < 4.78 is 12.6. The second kappa shape index (κ2) is 5.54. The highest BCUT2D eigenvalue weighted by atomic mass is 31.2. The van der Waals surface area contributed by atoms with Crippen molar-refractivity contribution in [3.05, 3.63) is 23.8 Å². The summed E-state index contributed by atoms with van der Waals surface area (Å²) in [7, 11) is -4.13. The van der Waals surface area contributed by atoms with Gasteiger partial charge in [0.25, 0.3) is 0 Å². The lowest BCUT2D eigenvalue weighted by Crippen LogP contribution is -2.46. The van der Waals surface area contributed by atoms with Gasteiger partial charge in [0, 0.05) is 17.7 Å². The molecule has 1 rings (SSSR count). The van der Waals surface area contributed by atoms with E-state index >= 15 is 0 Å². The molecule has 1 aliphatic carbocycles. The van der Waals surface area contributed by atoms with Crippen LogP contribution in [0.4, 0.5) is 0 Å². The third-order valence-electron chi connectivity index (χ3n) is 3.53. The largest absolute Gasteiger partial charge is 0.480 e. The van der Waals surface area contributed by atoms with Crippen molar-refractivity contribution in [2.45, 2.75) is 25.9 Å². The molecule has 0 saturated carbocycles. The van der Waals surface area contributed by atoms with Crippen molar-refractivity contribution < 1.29 is 29.3 Å². The molecule has 0 spiro atoms. The van der Waals surface area contributed by atoms with Crippen LogP contribution < -0.4 is 0 Å². The highest BCUT2D eigenvalue weighted by molar-refractivity contribution is 7.61. The number of hydrogen-bond donors (Lipinski definition) is 3. The Bertz CT molecular complexity index is 533. The van der Waals surface area contributed by atoms with Crippen molar-refractivity contribution in [2.75, 3.05) is 6.16 Å². The first-order chi connectivity index (χ1) is 9.06. The molecule has 6 nitrogen and oxygen atoms in total. The molecule has 0 heterocycles. The summed E-state index contributed by atoms with van der Waals surface area (Å²) in [5.41, 5.74) is -0.173. The van der Waals surface area contributed by atoms with Crippen LogP contribution in [-0.2, 0) is 14.2 Å². The van der Waals surface area contributed by atoms with Crippen LogP contribution in [0.25, 0.3) is 0 Å². The minimum Gasteiger partial charge on any atom is -0.480 e. The first-order valence-corrected chi connectivity index (χ1v) is 8.08. The van der Waals surface area contributed by atoms with E-state index in [1.54, 1.807) is 13.8 Å². The van der Waals surface area contributed by atoms with Crippen LogP contribution in [0.5, 0.6) is 0 Å². The van der Waals surface area contributed by atoms with Gasteiger partial charge in [0.2, 0.25) is 7.37 Å². The Labute approximate surface area is 117 Å². The van der Waals surface area contributed by atoms with E-state index in [-0.39, 0.29) is 17.7 Å². The van der Waals surface area contributed by atoms with E-state index in [1.165, 1.54) is 19.1 Å². The Balaban J connectivity index is 3.43. The first kappa shape index (κ1) is 16.7. The smallest absolute Gasteiger partial charge is 0.331 e. The molecule has 0 saturated heterocycles. The van der Waals surface area contributed by atoms with Gasteiger partial charge in [-0.25, -0.2) is 4.79 Å². The zero-order chi connectivity index (χ0) is 15.7. The molecule has 112 valence electrons. The van der Waals surface area contributed by atoms with Gasteiger partial charge in [-0.05, 0) is 5.92 Å². The van der Waals surface area contributed by atoms with Crippen LogP contribution in [0.2, 0.25) is 0 Å². The molecule has 7 heteroatoms. The fourth-order valence-corrected chi connectivity index (χ4v) is 5.21. The van der Waals surface area contributed by atoms with Crippen LogP contribution in [0.15, 0.2) is 23.8 Å². The molecule has 0 fully saturated rings. The second-order valence-electron chi connectivity index (χ2n) is 5.42. The van der Waals surface area contributed by atoms with Crippen LogP contribution in [-0.4, -0.2) is 38.4 Å². The fraction of sp³-hybridized carbons (Fsp3) is 0.538. The zero-order valence-corrected chi connectivity index (χ0v) is 12.5. The SMILES string of the molecule is CC(C)CP(=O)(O)C1(C(=O)O)C=CC=C(C(=O)O)C1C. The van der Waals surface area contributed by atoms with Gasteiger partial charge in [0.15, 0.2) is 5.16 Å². The summed E-state index contributed by atoms with van der Waals surface area (Å²) >= 11 is 0. The van der Waals surface area contributed by atoms with E-state index in [0.29, 0.717) is 0 Å². The summed E-state index contributed by atoms with van der Waals surface area (Å²) in [6, 6.07) is 0.